The number of rotatable bonds is 16. The number of aromatic hydroxyl groups is 3. The number of aliphatic hydroxyl groups excluding tert-OH is 18. The Balaban J connectivity index is 0.000000215. The first-order chi connectivity index (χ1) is 48.7. The van der Waals surface area contributed by atoms with Gasteiger partial charge in [0.05, 0.1) is 69.1 Å². The lowest BCUT2D eigenvalue weighted by Gasteiger charge is -2.62. The van der Waals surface area contributed by atoms with Gasteiger partial charge in [0.2, 0.25) is 0 Å². The third kappa shape index (κ3) is 14.3. The molecule has 580 valence electrons. The van der Waals surface area contributed by atoms with Crippen LogP contribution in [0.4, 0.5) is 0 Å². The maximum absolute atomic E-state index is 13.4. The standard InChI is InChI=1S/C44H74O19.C26H28O14/c1-18(15-57-40-37(54)34(51)32(49)28(14-45)61-40)7-10-44(56)19(2)30-27(63-44)12-23-21-6-5-20-11-26(24(46)13-43(20,4)22(21)8-9-42(23,30)3)60-41-38(55)35(52)33(50)29(62-41)17-59-39-36(53)31(48)25(47)16-58-39;27-6-13-18(32)21(35)23(37)26(40-13)16-20(34)15(25-22(36)17(31)11(30)7-38-25)19(33)14-10(29)5-12(39-24(14)16)8-1-3-9(28)4-2-8/h18-41,45-56H,5-17H2,1-4H3;1-5,11,13,17-18,21-23,25-28,30-37H,6-7H2/t18-,19+,20?,21-,22+,23+,24-,25-,26-,27+,28-,29-,30+,31+,32-,33-,34+,35+,36-,37-,38-,39+,40-,41-,42+,43+,44-;11-,13-,17+,18-,21+,22-,23-,25+,26+/m11/s1. The second kappa shape index (κ2) is 30.8. The maximum Gasteiger partial charge on any atom is 0.197 e. The largest absolute Gasteiger partial charge is 0.508 e. The Morgan fingerprint density at radius 1 is 0.592 bits per heavy atom. The van der Waals surface area contributed by atoms with E-state index in [0.717, 1.165) is 38.2 Å². The van der Waals surface area contributed by atoms with Gasteiger partial charge in [0.15, 0.2) is 35.7 Å². The van der Waals surface area contributed by atoms with Crippen LogP contribution in [0.3, 0.4) is 0 Å². The molecule has 1 unspecified atom stereocenters. The molecule has 33 heteroatoms. The van der Waals surface area contributed by atoms with E-state index in [2.05, 4.69) is 20.8 Å². The van der Waals surface area contributed by atoms with E-state index in [-0.39, 0.29) is 65.3 Å². The Kier molecular flexibility index (Phi) is 23.5. The molecule has 103 heavy (non-hydrogen) atoms. The molecule has 4 aliphatic carbocycles. The second-order valence-corrected chi connectivity index (χ2v) is 31.0. The van der Waals surface area contributed by atoms with Crippen LogP contribution in [0.2, 0.25) is 0 Å². The summed E-state index contributed by atoms with van der Waals surface area (Å²) in [6, 6.07) is 6.47. The summed E-state index contributed by atoms with van der Waals surface area (Å²) in [5, 5.41) is 230. The summed E-state index contributed by atoms with van der Waals surface area (Å²) in [5.74, 6) is -1.96. The van der Waals surface area contributed by atoms with E-state index in [1.165, 1.54) is 24.3 Å². The zero-order valence-corrected chi connectivity index (χ0v) is 57.4. The van der Waals surface area contributed by atoms with Crippen molar-refractivity contribution in [3.8, 4) is 28.6 Å². The molecule has 0 radical (unpaired) electrons. The molecule has 13 rings (SSSR count). The fourth-order valence-electron chi connectivity index (χ4n) is 18.9. The van der Waals surface area contributed by atoms with Crippen LogP contribution < -0.4 is 5.43 Å². The lowest BCUT2D eigenvalue weighted by atomic mass is 9.44. The Morgan fingerprint density at radius 3 is 1.85 bits per heavy atom. The SMILES string of the molecule is C[C@H](CC[C@@]1(O)O[C@H]2C[C@H]3[C@@H]4CCC5C[C@@H](O[C@@H]6O[C@H](CO[C@@H]7OC[C@@H](O)[C@H](O)[C@H]7O)[C@@H](O)[C@H](O)[C@H]6O)[C@H](O)C[C@]5(C)[C@H]4CC[C@]3(C)[C@H]2[C@@H]1C)CO[C@@H]1O[C@H](CO)[C@@H](O)[C@H](O)[C@H]1O.O=c1cc(-c2ccc(O)cc2)oc2c([C@@H]3O[C@H](CO)[C@@H](O)[C@H](O)[C@H]3O)c(O)c([C@@H]3OC[C@@H](O)[C@H](O)[C@H]3O)c(O)c12. The Bertz CT molecular complexity index is 3440. The molecule has 2 aromatic carbocycles. The highest BCUT2D eigenvalue weighted by Gasteiger charge is 2.69. The average Bonchev–Trinajstić information content (AvgIpc) is 1.61. The number of phenols is 3. The molecule has 6 aliphatic heterocycles. The lowest BCUT2D eigenvalue weighted by molar-refractivity contribution is -0.336. The minimum absolute atomic E-state index is 0.0436. The molecule has 6 saturated heterocycles. The molecule has 0 bridgehead atoms. The number of ether oxygens (including phenoxy) is 9. The Morgan fingerprint density at radius 2 is 1.18 bits per heavy atom. The monoisotopic (exact) mass is 1470 g/mol. The van der Waals surface area contributed by atoms with Gasteiger partial charge in [-0.3, -0.25) is 4.79 Å². The number of benzene rings is 2. The number of hydrogen-bond acceptors (Lipinski definition) is 33. The molecular weight excluding hydrogens is 1370 g/mol. The highest BCUT2D eigenvalue weighted by molar-refractivity contribution is 5.92. The lowest BCUT2D eigenvalue weighted by Crippen LogP contribution is -2.62. The van der Waals surface area contributed by atoms with Gasteiger partial charge in [0, 0.05) is 24.0 Å². The summed E-state index contributed by atoms with van der Waals surface area (Å²) in [5.41, 5.74) is -2.42. The summed E-state index contributed by atoms with van der Waals surface area (Å²) in [6.45, 7) is 6.33. The molecule has 22 N–H and O–H groups in total. The first-order valence-corrected chi connectivity index (χ1v) is 35.6. The van der Waals surface area contributed by atoms with E-state index in [1.807, 2.05) is 6.92 Å². The van der Waals surface area contributed by atoms with Crippen molar-refractivity contribution >= 4 is 11.0 Å². The molecule has 10 fully saturated rings. The molecular formula is C70H102O33. The van der Waals surface area contributed by atoms with Crippen molar-refractivity contribution in [1.29, 1.82) is 0 Å². The third-order valence-electron chi connectivity index (χ3n) is 24.9. The number of hydrogen-bond donors (Lipinski definition) is 22. The van der Waals surface area contributed by atoms with E-state index < -0.39 is 224 Å². The maximum atomic E-state index is 13.4. The summed E-state index contributed by atoms with van der Waals surface area (Å²) in [7, 11) is 0. The van der Waals surface area contributed by atoms with Crippen LogP contribution in [0.5, 0.6) is 17.2 Å². The summed E-state index contributed by atoms with van der Waals surface area (Å²) in [4.78, 5) is 13.4. The van der Waals surface area contributed by atoms with Gasteiger partial charge in [-0.25, -0.2) is 0 Å². The van der Waals surface area contributed by atoms with Gasteiger partial charge < -0.3 is 159 Å². The van der Waals surface area contributed by atoms with Crippen LogP contribution in [0.15, 0.2) is 39.5 Å². The second-order valence-electron chi connectivity index (χ2n) is 31.0. The zero-order chi connectivity index (χ0) is 74.5. The van der Waals surface area contributed by atoms with Gasteiger partial charge in [0.25, 0.3) is 0 Å². The third-order valence-corrected chi connectivity index (χ3v) is 24.9. The first-order valence-electron chi connectivity index (χ1n) is 35.6. The van der Waals surface area contributed by atoms with Crippen molar-refractivity contribution in [1.82, 2.24) is 0 Å². The summed E-state index contributed by atoms with van der Waals surface area (Å²) in [6.07, 6.45) is -30.6. The number of phenolic OH excluding ortho intramolecular Hbond substituents is 3. The topological polar surface area (TPSA) is 558 Å². The molecule has 3 aromatic rings. The number of aliphatic hydroxyl groups is 19. The predicted octanol–water partition coefficient (Wildman–Crippen LogP) is -3.92. The van der Waals surface area contributed by atoms with E-state index in [9.17, 15) is 117 Å². The summed E-state index contributed by atoms with van der Waals surface area (Å²) >= 11 is 0. The molecule has 0 amide bonds. The average molecular weight is 1470 g/mol. The normalized spacial score (nSPS) is 47.2. The van der Waals surface area contributed by atoms with Crippen LogP contribution in [-0.4, -0.2) is 305 Å². The van der Waals surface area contributed by atoms with Crippen molar-refractivity contribution in [3.63, 3.8) is 0 Å². The van der Waals surface area contributed by atoms with Crippen molar-refractivity contribution in [2.75, 3.05) is 39.6 Å². The van der Waals surface area contributed by atoms with Crippen LogP contribution >= 0.6 is 0 Å². The highest BCUT2D eigenvalue weighted by atomic mass is 16.7. The van der Waals surface area contributed by atoms with Gasteiger partial charge in [-0.05, 0) is 122 Å². The van der Waals surface area contributed by atoms with Crippen LogP contribution in [0.1, 0.15) is 109 Å². The van der Waals surface area contributed by atoms with Crippen molar-refractivity contribution in [2.24, 2.45) is 52.3 Å². The minimum atomic E-state index is -1.96. The Hall–Kier alpha value is -4.07. The quantitative estimate of drug-likeness (QED) is 0.0609. The van der Waals surface area contributed by atoms with Gasteiger partial charge in [0.1, 0.15) is 150 Å². The molecule has 10 aliphatic rings. The number of fused-ring (bicyclic) bond motifs is 8. The molecule has 0 spiro atoms. The Labute approximate surface area is 591 Å². The highest BCUT2D eigenvalue weighted by Crippen LogP contribution is 2.71. The predicted molar refractivity (Wildman–Crippen MR) is 347 cm³/mol. The molecule has 33 nitrogen and oxygen atoms in total. The van der Waals surface area contributed by atoms with Crippen molar-refractivity contribution in [3.05, 3.63) is 51.7 Å². The smallest absolute Gasteiger partial charge is 0.197 e. The fourth-order valence-corrected chi connectivity index (χ4v) is 18.9. The molecule has 7 heterocycles. The molecule has 1 aromatic heterocycles. The van der Waals surface area contributed by atoms with Crippen molar-refractivity contribution in [2.45, 2.75) is 251 Å². The van der Waals surface area contributed by atoms with Gasteiger partial charge in [-0.1, -0.05) is 27.7 Å². The van der Waals surface area contributed by atoms with E-state index in [0.29, 0.717) is 49.0 Å². The van der Waals surface area contributed by atoms with Gasteiger partial charge in [-0.15, -0.1) is 0 Å². The van der Waals surface area contributed by atoms with Crippen LogP contribution in [0.25, 0.3) is 22.3 Å². The minimum Gasteiger partial charge on any atom is -0.508 e. The van der Waals surface area contributed by atoms with Crippen LogP contribution in [-0.2, 0) is 42.6 Å². The van der Waals surface area contributed by atoms with E-state index in [1.54, 1.807) is 0 Å². The van der Waals surface area contributed by atoms with Crippen LogP contribution in [0, 0.1) is 52.3 Å². The zero-order valence-electron chi connectivity index (χ0n) is 57.4. The van der Waals surface area contributed by atoms with E-state index in [4.69, 9.17) is 47.0 Å². The van der Waals surface area contributed by atoms with Gasteiger partial charge >= 0.3 is 0 Å². The van der Waals surface area contributed by atoms with Crippen molar-refractivity contribution < 1.29 is 159 Å². The molecule has 4 saturated carbocycles. The van der Waals surface area contributed by atoms with E-state index >= 15 is 0 Å². The van der Waals surface area contributed by atoms with Gasteiger partial charge in [-0.2, -0.15) is 0 Å². The fraction of sp³-hybridized carbons (Fsp3) is 0.786. The summed E-state index contributed by atoms with van der Waals surface area (Å²) < 4.78 is 57.8. The first kappa shape index (κ1) is 78.5. The molecule has 36 atom stereocenters.